The second kappa shape index (κ2) is 9.82. The lowest BCUT2D eigenvalue weighted by Crippen LogP contribution is -2.11. The van der Waals surface area contributed by atoms with Crippen molar-refractivity contribution in [3.05, 3.63) is 34.6 Å². The van der Waals surface area contributed by atoms with Crippen LogP contribution in [0.1, 0.15) is 49.5 Å². The molecule has 4 heteroatoms. The zero-order chi connectivity index (χ0) is 15.7. The number of halogens is 3. The van der Waals surface area contributed by atoms with E-state index < -0.39 is 17.1 Å². The predicted molar refractivity (Wildman–Crippen MR) is 85.7 cm³/mol. The second-order valence-electron chi connectivity index (χ2n) is 4.93. The molecule has 0 fully saturated rings. The van der Waals surface area contributed by atoms with Gasteiger partial charge >= 0.3 is 0 Å². The van der Waals surface area contributed by atoms with Crippen molar-refractivity contribution >= 4 is 29.5 Å². The summed E-state index contributed by atoms with van der Waals surface area (Å²) in [7, 11) is 0. The average Bonchev–Trinajstić information content (AvgIpc) is 2.49. The van der Waals surface area contributed by atoms with Crippen LogP contribution >= 0.6 is 23.2 Å². The van der Waals surface area contributed by atoms with E-state index in [1.165, 1.54) is 6.07 Å². The summed E-state index contributed by atoms with van der Waals surface area (Å²) >= 11 is 12.0. The highest BCUT2D eigenvalue weighted by Crippen LogP contribution is 2.34. The van der Waals surface area contributed by atoms with E-state index in [9.17, 15) is 9.18 Å². The van der Waals surface area contributed by atoms with E-state index >= 15 is 0 Å². The fourth-order valence-electron chi connectivity index (χ4n) is 2.16. The Bertz CT molecular complexity index is 496. The molecule has 0 saturated carbocycles. The van der Waals surface area contributed by atoms with E-state index in [1.54, 1.807) is 12.1 Å². The Hall–Kier alpha value is -1.04. The predicted octanol–water partition coefficient (Wildman–Crippen LogP) is 5.46. The van der Waals surface area contributed by atoms with Crippen LogP contribution in [0.3, 0.4) is 0 Å². The smallest absolute Gasteiger partial charge is 0.203 e. The molecular weight excluding hydrogens is 310 g/mol. The molecule has 0 spiro atoms. The molecule has 1 aromatic carbocycles. The van der Waals surface area contributed by atoms with Crippen molar-refractivity contribution in [2.24, 2.45) is 5.92 Å². The number of hydrogen-bond donors (Lipinski definition) is 0. The lowest BCUT2D eigenvalue weighted by Gasteiger charge is -2.17. The molecule has 1 radical (unpaired) electrons. The first-order valence-corrected chi connectivity index (χ1v) is 7.82. The summed E-state index contributed by atoms with van der Waals surface area (Å²) in [5, 5.41) is -0.732. The molecule has 1 aromatic rings. The fourth-order valence-corrected chi connectivity index (χ4v) is 2.69. The molecule has 0 N–H and O–H groups in total. The molecule has 0 aliphatic carbocycles. The standard InChI is InChI=1S/C17H18Cl2FO/c1-2-3-4-5-6-7-9-13(12-21)16(19)14-10-8-11-15(18)17(14)20/h1,8,10-11,13,16H,3-7,9H2. The van der Waals surface area contributed by atoms with Gasteiger partial charge in [0.1, 0.15) is 5.82 Å². The summed E-state index contributed by atoms with van der Waals surface area (Å²) in [6.07, 6.45) is 12.3. The van der Waals surface area contributed by atoms with E-state index in [1.807, 2.05) is 6.29 Å². The summed E-state index contributed by atoms with van der Waals surface area (Å²) in [4.78, 5) is 11.1. The zero-order valence-electron chi connectivity index (χ0n) is 11.7. The first-order valence-electron chi connectivity index (χ1n) is 7.01. The highest BCUT2D eigenvalue weighted by atomic mass is 35.5. The van der Waals surface area contributed by atoms with Crippen LogP contribution in [0.5, 0.6) is 0 Å². The zero-order valence-corrected chi connectivity index (χ0v) is 13.3. The van der Waals surface area contributed by atoms with Crippen molar-refractivity contribution in [1.82, 2.24) is 0 Å². The molecule has 0 amide bonds. The number of benzene rings is 1. The second-order valence-corrected chi connectivity index (χ2v) is 5.80. The SMILES string of the molecule is C#CCCCCCCC([C]=O)C(Cl)c1cccc(Cl)c1F. The van der Waals surface area contributed by atoms with Gasteiger partial charge in [-0.3, -0.25) is 4.79 Å². The number of rotatable bonds is 9. The van der Waals surface area contributed by atoms with Gasteiger partial charge in [-0.05, 0) is 18.9 Å². The van der Waals surface area contributed by atoms with Crippen LogP contribution in [0.2, 0.25) is 5.02 Å². The topological polar surface area (TPSA) is 17.1 Å². The van der Waals surface area contributed by atoms with Crippen molar-refractivity contribution in [2.75, 3.05) is 0 Å². The van der Waals surface area contributed by atoms with Crippen LogP contribution in [-0.2, 0) is 4.79 Å². The Morgan fingerprint density at radius 2 is 1.95 bits per heavy atom. The molecule has 2 unspecified atom stereocenters. The monoisotopic (exact) mass is 327 g/mol. The third kappa shape index (κ3) is 5.69. The van der Waals surface area contributed by atoms with Gasteiger partial charge in [0.15, 0.2) is 0 Å². The number of carbonyl (C=O) groups excluding carboxylic acids is 1. The summed E-state index contributed by atoms with van der Waals surface area (Å²) < 4.78 is 13.9. The minimum absolute atomic E-state index is 0.0112. The maximum atomic E-state index is 13.9. The molecule has 113 valence electrons. The third-order valence-corrected chi connectivity index (χ3v) is 4.20. The van der Waals surface area contributed by atoms with E-state index in [0.717, 1.165) is 32.1 Å². The molecular formula is C17H18Cl2FO. The number of terminal acetylenes is 1. The molecule has 1 rings (SSSR count). The third-order valence-electron chi connectivity index (χ3n) is 3.37. The van der Waals surface area contributed by atoms with Gasteiger partial charge in [0.2, 0.25) is 6.29 Å². The highest BCUT2D eigenvalue weighted by Gasteiger charge is 2.24. The van der Waals surface area contributed by atoms with Crippen molar-refractivity contribution in [2.45, 2.75) is 43.9 Å². The van der Waals surface area contributed by atoms with E-state index in [-0.39, 0.29) is 10.6 Å². The highest BCUT2D eigenvalue weighted by molar-refractivity contribution is 6.31. The Kier molecular flexibility index (Phi) is 8.42. The molecule has 0 saturated heterocycles. The maximum Gasteiger partial charge on any atom is 0.203 e. The molecule has 2 atom stereocenters. The first kappa shape index (κ1) is 18.0. The molecule has 1 nitrogen and oxygen atoms in total. The van der Waals surface area contributed by atoms with E-state index in [2.05, 4.69) is 5.92 Å². The molecule has 21 heavy (non-hydrogen) atoms. The van der Waals surface area contributed by atoms with Crippen LogP contribution in [0.25, 0.3) is 0 Å². The van der Waals surface area contributed by atoms with Gasteiger partial charge in [0, 0.05) is 17.9 Å². The van der Waals surface area contributed by atoms with Crippen molar-refractivity contribution in [3.8, 4) is 12.3 Å². The van der Waals surface area contributed by atoms with Gasteiger partial charge in [-0.1, -0.05) is 43.0 Å². The Labute approximate surface area is 135 Å². The first-order chi connectivity index (χ1) is 10.1. The quantitative estimate of drug-likeness (QED) is 0.334. The average molecular weight is 328 g/mol. The summed E-state index contributed by atoms with van der Waals surface area (Å²) in [5.74, 6) is 1.50. The largest absolute Gasteiger partial charge is 0.290 e. The van der Waals surface area contributed by atoms with Crippen LogP contribution in [0.4, 0.5) is 4.39 Å². The molecule has 0 aliphatic heterocycles. The minimum Gasteiger partial charge on any atom is -0.290 e. The summed E-state index contributed by atoms with van der Waals surface area (Å²) in [6, 6.07) is 4.63. The van der Waals surface area contributed by atoms with Gasteiger partial charge in [0.25, 0.3) is 0 Å². The van der Waals surface area contributed by atoms with E-state index in [4.69, 9.17) is 29.6 Å². The van der Waals surface area contributed by atoms with Gasteiger partial charge < -0.3 is 0 Å². The molecule has 0 aromatic heterocycles. The van der Waals surface area contributed by atoms with E-state index in [0.29, 0.717) is 6.42 Å². The van der Waals surface area contributed by atoms with Crippen LogP contribution < -0.4 is 0 Å². The summed E-state index contributed by atoms with van der Waals surface area (Å²) in [5.41, 5.74) is 0.254. The van der Waals surface area contributed by atoms with Crippen LogP contribution in [0.15, 0.2) is 18.2 Å². The molecule has 0 heterocycles. The number of unbranched alkanes of at least 4 members (excludes halogenated alkanes) is 4. The normalized spacial score (nSPS) is 13.4. The fraction of sp³-hybridized carbons (Fsp3) is 0.471. The van der Waals surface area contributed by atoms with Crippen LogP contribution in [0, 0.1) is 24.1 Å². The summed E-state index contributed by atoms with van der Waals surface area (Å²) in [6.45, 7) is 0. The Morgan fingerprint density at radius 3 is 2.62 bits per heavy atom. The number of hydrogen-bond acceptors (Lipinski definition) is 1. The minimum atomic E-state index is -0.744. The van der Waals surface area contributed by atoms with Crippen LogP contribution in [-0.4, -0.2) is 6.29 Å². The number of alkyl halides is 1. The Morgan fingerprint density at radius 1 is 1.24 bits per heavy atom. The van der Waals surface area contributed by atoms with Gasteiger partial charge in [-0.15, -0.1) is 23.9 Å². The lowest BCUT2D eigenvalue weighted by molar-refractivity contribution is 0.473. The lowest BCUT2D eigenvalue weighted by atomic mass is 9.94. The molecule has 0 aliphatic rings. The Balaban J connectivity index is 2.53. The van der Waals surface area contributed by atoms with Crippen molar-refractivity contribution in [3.63, 3.8) is 0 Å². The van der Waals surface area contributed by atoms with Crippen molar-refractivity contribution in [1.29, 1.82) is 0 Å². The van der Waals surface area contributed by atoms with Gasteiger partial charge in [0.05, 0.1) is 10.4 Å². The van der Waals surface area contributed by atoms with Crippen molar-refractivity contribution < 1.29 is 9.18 Å². The maximum absolute atomic E-state index is 13.9. The van der Waals surface area contributed by atoms with Gasteiger partial charge in [-0.25, -0.2) is 4.39 Å². The molecule has 0 bridgehead atoms. The van der Waals surface area contributed by atoms with Gasteiger partial charge in [-0.2, -0.15) is 0 Å².